The van der Waals surface area contributed by atoms with Crippen LogP contribution in [0.25, 0.3) is 0 Å². The van der Waals surface area contributed by atoms with Gasteiger partial charge in [0.2, 0.25) is 0 Å². The number of nitrogens with zero attached hydrogens (tertiary/aromatic N) is 2. The van der Waals surface area contributed by atoms with Gasteiger partial charge in [-0.2, -0.15) is 13.2 Å². The van der Waals surface area contributed by atoms with E-state index in [1.54, 1.807) is 30.6 Å². The number of pyridine rings is 1. The standard InChI is InChI=1S/C25H29F3N2O5/c1-33-22-7-4-17(10-21(22)24(31)32)23-14-30(8-9-34-23)19-11-20(13-29-12-19)35-15-16-2-5-18(6-3-16)25(26,27)28/h4,7,10-13,16,18,23H,2-3,5-6,8-9,14-15H2,1H3,(H,31,32)/t16-,18-,23?. The van der Waals surface area contributed by atoms with Gasteiger partial charge in [-0.05, 0) is 49.3 Å². The molecule has 1 aromatic carbocycles. The summed E-state index contributed by atoms with van der Waals surface area (Å²) in [6.45, 7) is 1.95. The summed E-state index contributed by atoms with van der Waals surface area (Å²) < 4.78 is 55.6. The monoisotopic (exact) mass is 494 g/mol. The van der Waals surface area contributed by atoms with E-state index in [0.717, 1.165) is 11.3 Å². The second-order valence-electron chi connectivity index (χ2n) is 9.02. The highest BCUT2D eigenvalue weighted by Gasteiger charge is 2.41. The Balaban J connectivity index is 1.37. The van der Waals surface area contributed by atoms with E-state index in [0.29, 0.717) is 44.9 Å². The van der Waals surface area contributed by atoms with Crippen molar-refractivity contribution in [3.8, 4) is 11.5 Å². The molecule has 190 valence electrons. The first-order valence-electron chi connectivity index (χ1n) is 11.7. The number of alkyl halides is 3. The van der Waals surface area contributed by atoms with Crippen LogP contribution in [0.2, 0.25) is 0 Å². The molecule has 2 heterocycles. The van der Waals surface area contributed by atoms with E-state index >= 15 is 0 Å². The maximum absolute atomic E-state index is 12.9. The van der Waals surface area contributed by atoms with E-state index in [2.05, 4.69) is 9.88 Å². The van der Waals surface area contributed by atoms with Gasteiger partial charge >= 0.3 is 12.1 Å². The summed E-state index contributed by atoms with van der Waals surface area (Å²) in [6, 6.07) is 6.86. The van der Waals surface area contributed by atoms with Crippen LogP contribution in [-0.4, -0.2) is 55.6 Å². The van der Waals surface area contributed by atoms with Crippen LogP contribution in [0, 0.1) is 11.8 Å². The summed E-state index contributed by atoms with van der Waals surface area (Å²) in [5.74, 6) is -1.31. The van der Waals surface area contributed by atoms with Crippen LogP contribution in [0.4, 0.5) is 18.9 Å². The summed E-state index contributed by atoms with van der Waals surface area (Å²) >= 11 is 0. The van der Waals surface area contributed by atoms with Crippen LogP contribution >= 0.6 is 0 Å². The van der Waals surface area contributed by atoms with Crippen molar-refractivity contribution in [3.05, 3.63) is 47.8 Å². The van der Waals surface area contributed by atoms with E-state index in [1.165, 1.54) is 7.11 Å². The SMILES string of the molecule is COc1ccc(C2CN(c3cncc(OC[C@H]4CC[C@H](C(F)(F)F)CC4)c3)CCO2)cc1C(=O)O. The van der Waals surface area contributed by atoms with Crippen molar-refractivity contribution in [1.82, 2.24) is 4.98 Å². The van der Waals surface area contributed by atoms with Gasteiger partial charge in [0.05, 0.1) is 44.3 Å². The fourth-order valence-electron chi connectivity index (χ4n) is 4.71. The fourth-order valence-corrected chi connectivity index (χ4v) is 4.71. The lowest BCUT2D eigenvalue weighted by atomic mass is 9.82. The van der Waals surface area contributed by atoms with E-state index in [-0.39, 0.29) is 36.2 Å². The number of halogens is 3. The number of carboxylic acid groups (broad SMARTS) is 1. The second-order valence-corrected chi connectivity index (χ2v) is 9.02. The normalized spacial score (nSPS) is 23.1. The average molecular weight is 495 g/mol. The summed E-state index contributed by atoms with van der Waals surface area (Å²) in [7, 11) is 1.43. The molecule has 0 spiro atoms. The van der Waals surface area contributed by atoms with Gasteiger partial charge in [0, 0.05) is 19.2 Å². The molecule has 2 fully saturated rings. The predicted molar refractivity (Wildman–Crippen MR) is 122 cm³/mol. The predicted octanol–water partition coefficient (Wildman–Crippen LogP) is 5.11. The number of anilines is 1. The van der Waals surface area contributed by atoms with E-state index in [9.17, 15) is 23.1 Å². The lowest BCUT2D eigenvalue weighted by Crippen LogP contribution is -2.38. The number of aromatic nitrogens is 1. The molecule has 1 saturated carbocycles. The molecule has 1 unspecified atom stereocenters. The molecular weight excluding hydrogens is 465 g/mol. The maximum atomic E-state index is 12.9. The Hall–Kier alpha value is -3.01. The topological polar surface area (TPSA) is 81.1 Å². The molecule has 0 radical (unpaired) electrons. The van der Waals surface area contributed by atoms with E-state index in [1.807, 2.05) is 6.07 Å². The lowest BCUT2D eigenvalue weighted by Gasteiger charge is -2.35. The molecule has 1 aliphatic carbocycles. The third-order valence-electron chi connectivity index (χ3n) is 6.75. The van der Waals surface area contributed by atoms with Gasteiger partial charge in [-0.1, -0.05) is 6.07 Å². The number of rotatable bonds is 7. The fraction of sp³-hybridized carbons (Fsp3) is 0.520. The van der Waals surface area contributed by atoms with Crippen LogP contribution < -0.4 is 14.4 Å². The van der Waals surface area contributed by atoms with E-state index < -0.39 is 18.1 Å². The highest BCUT2D eigenvalue weighted by atomic mass is 19.4. The van der Waals surface area contributed by atoms with Crippen LogP contribution in [0.15, 0.2) is 36.7 Å². The number of benzene rings is 1. The number of hydrogen-bond donors (Lipinski definition) is 1. The molecule has 7 nitrogen and oxygen atoms in total. The highest BCUT2D eigenvalue weighted by Crippen LogP contribution is 2.39. The molecule has 1 atom stereocenters. The Morgan fingerprint density at radius 3 is 2.66 bits per heavy atom. The van der Waals surface area contributed by atoms with Crippen LogP contribution in [0.1, 0.15) is 47.7 Å². The summed E-state index contributed by atoms with van der Waals surface area (Å²) in [5.41, 5.74) is 1.65. The van der Waals surface area contributed by atoms with Gasteiger partial charge in [0.15, 0.2) is 0 Å². The Bertz CT molecular complexity index is 1020. The number of hydrogen-bond acceptors (Lipinski definition) is 6. The lowest BCUT2D eigenvalue weighted by molar-refractivity contribution is -0.184. The molecule has 1 saturated heterocycles. The maximum Gasteiger partial charge on any atom is 0.391 e. The van der Waals surface area contributed by atoms with Crippen molar-refractivity contribution in [2.45, 2.75) is 38.0 Å². The molecule has 1 aliphatic heterocycles. The molecule has 35 heavy (non-hydrogen) atoms. The zero-order chi connectivity index (χ0) is 25.0. The highest BCUT2D eigenvalue weighted by molar-refractivity contribution is 5.91. The first-order chi connectivity index (χ1) is 16.7. The Morgan fingerprint density at radius 1 is 1.20 bits per heavy atom. The van der Waals surface area contributed by atoms with Crippen molar-refractivity contribution in [1.29, 1.82) is 0 Å². The average Bonchev–Trinajstić information content (AvgIpc) is 2.87. The molecule has 2 aromatic rings. The minimum Gasteiger partial charge on any atom is -0.496 e. The first-order valence-corrected chi connectivity index (χ1v) is 11.7. The molecule has 0 amide bonds. The Morgan fingerprint density at radius 2 is 1.97 bits per heavy atom. The molecular formula is C25H29F3N2O5. The number of methoxy groups -OCH3 is 1. The third kappa shape index (κ3) is 6.17. The molecule has 4 rings (SSSR count). The number of morpholine rings is 1. The smallest absolute Gasteiger partial charge is 0.391 e. The van der Waals surface area contributed by atoms with Gasteiger partial charge in [0.25, 0.3) is 0 Å². The van der Waals surface area contributed by atoms with Crippen LogP contribution in [0.5, 0.6) is 11.5 Å². The molecule has 10 heteroatoms. The van der Waals surface area contributed by atoms with Gasteiger partial charge in [0.1, 0.15) is 23.2 Å². The van der Waals surface area contributed by atoms with Crippen molar-refractivity contribution in [2.75, 3.05) is 38.3 Å². The van der Waals surface area contributed by atoms with E-state index in [4.69, 9.17) is 14.2 Å². The minimum atomic E-state index is -4.11. The minimum absolute atomic E-state index is 0.0760. The van der Waals surface area contributed by atoms with Crippen LogP contribution in [0.3, 0.4) is 0 Å². The van der Waals surface area contributed by atoms with Gasteiger partial charge < -0.3 is 24.2 Å². The Labute approximate surface area is 201 Å². The molecule has 2 aliphatic rings. The summed E-state index contributed by atoms with van der Waals surface area (Å²) in [5, 5.41) is 9.47. The summed E-state index contributed by atoms with van der Waals surface area (Å²) in [4.78, 5) is 17.9. The molecule has 0 bridgehead atoms. The zero-order valence-electron chi connectivity index (χ0n) is 19.5. The van der Waals surface area contributed by atoms with Crippen LogP contribution in [-0.2, 0) is 4.74 Å². The number of aromatic carboxylic acids is 1. The first kappa shape index (κ1) is 25.1. The molecule has 1 aromatic heterocycles. The van der Waals surface area contributed by atoms with Crippen molar-refractivity contribution in [2.24, 2.45) is 11.8 Å². The number of carbonyl (C=O) groups is 1. The van der Waals surface area contributed by atoms with Crippen molar-refractivity contribution < 1.29 is 37.3 Å². The quantitative estimate of drug-likeness (QED) is 0.573. The van der Waals surface area contributed by atoms with Gasteiger partial charge in [-0.3, -0.25) is 4.98 Å². The second kappa shape index (κ2) is 10.7. The number of carboxylic acids is 1. The van der Waals surface area contributed by atoms with Gasteiger partial charge in [-0.25, -0.2) is 4.79 Å². The third-order valence-corrected chi connectivity index (χ3v) is 6.75. The van der Waals surface area contributed by atoms with Gasteiger partial charge in [-0.15, -0.1) is 0 Å². The largest absolute Gasteiger partial charge is 0.496 e. The summed E-state index contributed by atoms with van der Waals surface area (Å²) in [6.07, 6.45) is 0.194. The van der Waals surface area contributed by atoms with Crippen molar-refractivity contribution in [3.63, 3.8) is 0 Å². The molecule has 1 N–H and O–H groups in total. The number of ether oxygens (including phenoxy) is 3. The zero-order valence-corrected chi connectivity index (χ0v) is 19.5. The van der Waals surface area contributed by atoms with Crippen molar-refractivity contribution >= 4 is 11.7 Å². The Kier molecular flexibility index (Phi) is 7.69.